The van der Waals surface area contributed by atoms with Gasteiger partial charge in [0.25, 0.3) is 0 Å². The number of ketones is 1. The van der Waals surface area contributed by atoms with Gasteiger partial charge in [0, 0.05) is 17.5 Å². The Morgan fingerprint density at radius 2 is 2.06 bits per heavy atom. The first kappa shape index (κ1) is 22.6. The number of carbonyl (C=O) groups is 2. The van der Waals surface area contributed by atoms with Gasteiger partial charge in [-0.2, -0.15) is 4.98 Å². The van der Waals surface area contributed by atoms with Crippen molar-refractivity contribution >= 4 is 45.6 Å². The van der Waals surface area contributed by atoms with Crippen molar-refractivity contribution in [1.82, 2.24) is 20.4 Å². The first-order chi connectivity index (χ1) is 14.9. The second-order valence-corrected chi connectivity index (χ2v) is 8.00. The van der Waals surface area contributed by atoms with Crippen molar-refractivity contribution in [2.24, 2.45) is 0 Å². The number of aromatic nitrogens is 3. The number of hydroxylamine groups is 1. The zero-order valence-corrected chi connectivity index (χ0v) is 18.4. The first-order valence-electron chi connectivity index (χ1n) is 9.27. The van der Waals surface area contributed by atoms with Crippen molar-refractivity contribution in [3.05, 3.63) is 57.3 Å². The van der Waals surface area contributed by atoms with Gasteiger partial charge in [0.1, 0.15) is 11.6 Å². The second kappa shape index (κ2) is 10.3. The summed E-state index contributed by atoms with van der Waals surface area (Å²) in [6, 6.07) is 7.09. The van der Waals surface area contributed by atoms with Crippen molar-refractivity contribution in [2.45, 2.75) is 26.7 Å². The number of ether oxygens (including phenoxy) is 1. The number of aryl methyl sites for hydroxylation is 2. The van der Waals surface area contributed by atoms with Gasteiger partial charge in [0.15, 0.2) is 10.9 Å². The fourth-order valence-corrected chi connectivity index (χ4v) is 3.74. The molecule has 3 aromatic rings. The summed E-state index contributed by atoms with van der Waals surface area (Å²) in [6.07, 6.45) is 1.69. The molecule has 1 aromatic carbocycles. The van der Waals surface area contributed by atoms with Gasteiger partial charge in [0.2, 0.25) is 11.8 Å². The highest BCUT2D eigenvalue weighted by atomic mass is 35.5. The molecule has 0 unspecified atom stereocenters. The molecule has 0 atom stereocenters. The molecule has 0 aliphatic heterocycles. The minimum Gasteiger partial charge on any atom is -0.477 e. The molecule has 11 heteroatoms. The molecule has 0 aliphatic carbocycles. The first-order valence-corrected chi connectivity index (χ1v) is 10.5. The van der Waals surface area contributed by atoms with Crippen LogP contribution in [0.2, 0.25) is 5.02 Å². The van der Waals surface area contributed by atoms with Crippen LogP contribution >= 0.6 is 22.9 Å². The number of benzene rings is 1. The molecule has 31 heavy (non-hydrogen) atoms. The van der Waals surface area contributed by atoms with Crippen LogP contribution in [0.1, 0.15) is 33.0 Å². The van der Waals surface area contributed by atoms with E-state index in [2.05, 4.69) is 20.3 Å². The molecule has 0 saturated heterocycles. The Kier molecular flexibility index (Phi) is 7.50. The lowest BCUT2D eigenvalue weighted by Gasteiger charge is -2.08. The predicted molar refractivity (Wildman–Crippen MR) is 116 cm³/mol. The zero-order chi connectivity index (χ0) is 22.4. The number of nitrogens with zero attached hydrogens (tertiary/aromatic N) is 3. The molecule has 1 amide bonds. The topological polar surface area (TPSA) is 126 Å². The Morgan fingerprint density at radius 1 is 1.26 bits per heavy atom. The van der Waals surface area contributed by atoms with Crippen LogP contribution in [0.15, 0.2) is 30.5 Å². The Hall–Kier alpha value is -3.08. The van der Waals surface area contributed by atoms with E-state index in [1.54, 1.807) is 19.1 Å². The Bertz CT molecular complexity index is 1080. The van der Waals surface area contributed by atoms with Crippen LogP contribution in [0.4, 0.5) is 10.9 Å². The SMILES string of the molecule is Cc1nc(Nc2ncc(C(=O)Cc3c(C)cccc3Cl)s2)cc(OCCC(=O)NO)n1. The van der Waals surface area contributed by atoms with Crippen LogP contribution in [0.5, 0.6) is 5.88 Å². The van der Waals surface area contributed by atoms with Gasteiger partial charge < -0.3 is 10.1 Å². The molecular weight excluding hydrogens is 442 g/mol. The fourth-order valence-electron chi connectivity index (χ4n) is 2.69. The standard InChI is InChI=1S/C20H20ClN5O4S/c1-11-4-3-5-14(21)13(11)8-15(27)16-10-22-20(31-16)25-17-9-19(24-12(2)23-17)30-7-6-18(28)26-29/h3-5,9-10,29H,6-8H2,1-2H3,(H,26,28)(H,22,23,24,25). The van der Waals surface area contributed by atoms with Crippen molar-refractivity contribution < 1.29 is 19.5 Å². The van der Waals surface area contributed by atoms with Gasteiger partial charge in [-0.05, 0) is 31.0 Å². The van der Waals surface area contributed by atoms with Crippen LogP contribution < -0.4 is 15.5 Å². The third-order valence-corrected chi connectivity index (χ3v) is 5.53. The number of anilines is 2. The van der Waals surface area contributed by atoms with E-state index in [-0.39, 0.29) is 31.1 Å². The monoisotopic (exact) mass is 461 g/mol. The van der Waals surface area contributed by atoms with Gasteiger partial charge in [-0.3, -0.25) is 14.8 Å². The molecule has 0 bridgehead atoms. The normalized spacial score (nSPS) is 10.6. The lowest BCUT2D eigenvalue weighted by molar-refractivity contribution is -0.129. The Balaban J connectivity index is 1.66. The van der Waals surface area contributed by atoms with Crippen LogP contribution in [-0.2, 0) is 11.2 Å². The Labute approximate surface area is 187 Å². The molecule has 9 nitrogen and oxygen atoms in total. The third-order valence-electron chi connectivity index (χ3n) is 4.22. The van der Waals surface area contributed by atoms with E-state index in [1.165, 1.54) is 23.0 Å². The zero-order valence-electron chi connectivity index (χ0n) is 16.8. The molecule has 2 heterocycles. The van der Waals surface area contributed by atoms with Gasteiger partial charge in [-0.1, -0.05) is 35.1 Å². The van der Waals surface area contributed by atoms with E-state index in [9.17, 15) is 9.59 Å². The molecule has 3 N–H and O–H groups in total. The molecule has 0 aliphatic rings. The quantitative estimate of drug-likeness (QED) is 0.250. The number of thiazole rings is 1. The van der Waals surface area contributed by atoms with Gasteiger partial charge in [0.05, 0.1) is 24.1 Å². The lowest BCUT2D eigenvalue weighted by Crippen LogP contribution is -2.21. The smallest absolute Gasteiger partial charge is 0.246 e. The summed E-state index contributed by atoms with van der Waals surface area (Å²) >= 11 is 7.43. The third kappa shape index (κ3) is 6.20. The van der Waals surface area contributed by atoms with Crippen LogP contribution in [-0.4, -0.2) is 38.5 Å². The lowest BCUT2D eigenvalue weighted by atomic mass is 10.0. The molecule has 0 spiro atoms. The number of amides is 1. The molecule has 0 saturated carbocycles. The summed E-state index contributed by atoms with van der Waals surface area (Å²) < 4.78 is 5.42. The van der Waals surface area contributed by atoms with Crippen LogP contribution in [0.3, 0.4) is 0 Å². The average Bonchev–Trinajstić information content (AvgIpc) is 3.18. The highest BCUT2D eigenvalue weighted by molar-refractivity contribution is 7.17. The molecule has 2 aromatic heterocycles. The molecule has 162 valence electrons. The largest absolute Gasteiger partial charge is 0.477 e. The summed E-state index contributed by atoms with van der Waals surface area (Å²) in [7, 11) is 0. The Morgan fingerprint density at radius 3 is 2.81 bits per heavy atom. The van der Waals surface area contributed by atoms with Crippen molar-refractivity contribution in [3.63, 3.8) is 0 Å². The maximum Gasteiger partial charge on any atom is 0.246 e. The number of carbonyl (C=O) groups excluding carboxylic acids is 2. The maximum absolute atomic E-state index is 12.7. The number of hydrogen-bond acceptors (Lipinski definition) is 9. The highest BCUT2D eigenvalue weighted by Gasteiger charge is 2.15. The van der Waals surface area contributed by atoms with Crippen molar-refractivity contribution in [2.75, 3.05) is 11.9 Å². The molecular formula is C20H20ClN5O4S. The second-order valence-electron chi connectivity index (χ2n) is 6.56. The number of hydrogen-bond donors (Lipinski definition) is 3. The highest BCUT2D eigenvalue weighted by Crippen LogP contribution is 2.26. The minimum absolute atomic E-state index is 0.0226. The summed E-state index contributed by atoms with van der Waals surface area (Å²) in [5.41, 5.74) is 3.30. The van der Waals surface area contributed by atoms with Gasteiger partial charge in [-0.15, -0.1) is 0 Å². The summed E-state index contributed by atoms with van der Waals surface area (Å²) in [6.45, 7) is 3.66. The van der Waals surface area contributed by atoms with E-state index in [0.29, 0.717) is 26.7 Å². The molecule has 0 radical (unpaired) electrons. The van der Waals surface area contributed by atoms with Gasteiger partial charge in [-0.25, -0.2) is 15.4 Å². The maximum atomic E-state index is 12.7. The number of Topliss-reactive ketones (excluding diaryl/α,β-unsaturated/α-hetero) is 1. The number of halogens is 1. The van der Waals surface area contributed by atoms with E-state index >= 15 is 0 Å². The molecule has 0 fully saturated rings. The van der Waals surface area contributed by atoms with E-state index < -0.39 is 5.91 Å². The van der Waals surface area contributed by atoms with E-state index in [0.717, 1.165) is 11.1 Å². The predicted octanol–water partition coefficient (Wildman–Crippen LogP) is 3.65. The summed E-state index contributed by atoms with van der Waals surface area (Å²) in [5, 5.41) is 12.6. The van der Waals surface area contributed by atoms with Crippen molar-refractivity contribution in [1.29, 1.82) is 0 Å². The minimum atomic E-state index is -0.559. The van der Waals surface area contributed by atoms with Gasteiger partial charge >= 0.3 is 0 Å². The average molecular weight is 462 g/mol. The van der Waals surface area contributed by atoms with Crippen LogP contribution in [0, 0.1) is 13.8 Å². The molecule has 3 rings (SSSR count). The fraction of sp³-hybridized carbons (Fsp3) is 0.250. The summed E-state index contributed by atoms with van der Waals surface area (Å²) in [4.78, 5) is 36.9. The van der Waals surface area contributed by atoms with Crippen molar-refractivity contribution in [3.8, 4) is 5.88 Å². The van der Waals surface area contributed by atoms with E-state index in [1.807, 2.05) is 19.1 Å². The number of rotatable bonds is 9. The summed E-state index contributed by atoms with van der Waals surface area (Å²) in [5.74, 6) is 0.517. The van der Waals surface area contributed by atoms with Crippen LogP contribution in [0.25, 0.3) is 0 Å². The van der Waals surface area contributed by atoms with E-state index in [4.69, 9.17) is 21.5 Å². The number of nitrogens with one attached hydrogen (secondary N) is 2.